The van der Waals surface area contributed by atoms with Crippen LogP contribution in [-0.2, 0) is 0 Å². The van der Waals surface area contributed by atoms with Crippen molar-refractivity contribution in [1.82, 2.24) is 5.32 Å². The van der Waals surface area contributed by atoms with Crippen LogP contribution < -0.4 is 5.32 Å². The zero-order valence-corrected chi connectivity index (χ0v) is 12.2. The maximum atomic E-state index is 14.0. The van der Waals surface area contributed by atoms with Gasteiger partial charge in [0, 0.05) is 12.1 Å². The van der Waals surface area contributed by atoms with E-state index in [0.29, 0.717) is 0 Å². The van der Waals surface area contributed by atoms with Gasteiger partial charge in [-0.25, -0.2) is 4.39 Å². The second kappa shape index (κ2) is 6.01. The molecule has 0 saturated carbocycles. The number of nitrogens with one attached hydrogen (secondary N) is 1. The molecular weight excluding hydrogens is 295 g/mol. The van der Waals surface area contributed by atoms with Crippen LogP contribution in [0.5, 0.6) is 0 Å². The summed E-state index contributed by atoms with van der Waals surface area (Å²) in [4.78, 5) is 22.3. The third-order valence-electron chi connectivity index (χ3n) is 3.09. The van der Waals surface area contributed by atoms with Gasteiger partial charge in [0.2, 0.25) is 0 Å². The Morgan fingerprint density at radius 3 is 2.76 bits per heavy atom. The van der Waals surface area contributed by atoms with Crippen LogP contribution in [0.1, 0.15) is 34.5 Å². The number of carbonyl (C=O) groups is 1. The van der Waals surface area contributed by atoms with E-state index >= 15 is 0 Å². The Balaban J connectivity index is 2.28. The molecule has 1 aromatic carbocycles. The molecule has 21 heavy (non-hydrogen) atoms. The third-order valence-corrected chi connectivity index (χ3v) is 3.79. The quantitative estimate of drug-likeness (QED) is 0.693. The number of hydrogen-bond acceptors (Lipinski definition) is 4. The van der Waals surface area contributed by atoms with Crippen LogP contribution in [0.3, 0.4) is 0 Å². The Bertz CT molecular complexity index is 686. The first-order chi connectivity index (χ1) is 9.90. The van der Waals surface area contributed by atoms with E-state index in [9.17, 15) is 19.3 Å². The largest absolute Gasteiger partial charge is 0.345 e. The SMILES string of the molecule is Cc1cc([N+](=O)[O-])cc(C(=O)NC(C)c2ccsc2)c1F. The Labute approximate surface area is 124 Å². The summed E-state index contributed by atoms with van der Waals surface area (Å²) in [6, 6.07) is 3.61. The average molecular weight is 308 g/mol. The zero-order valence-electron chi connectivity index (χ0n) is 11.4. The van der Waals surface area contributed by atoms with Crippen LogP contribution in [0, 0.1) is 22.9 Å². The number of halogens is 1. The fraction of sp³-hybridized carbons (Fsp3) is 0.214. The summed E-state index contributed by atoms with van der Waals surface area (Å²) in [5, 5.41) is 17.2. The molecule has 1 N–H and O–H groups in total. The molecule has 2 rings (SSSR count). The topological polar surface area (TPSA) is 72.2 Å². The van der Waals surface area contributed by atoms with Crippen molar-refractivity contribution >= 4 is 22.9 Å². The van der Waals surface area contributed by atoms with Crippen molar-refractivity contribution in [1.29, 1.82) is 0 Å². The van der Waals surface area contributed by atoms with Gasteiger partial charge in [0.25, 0.3) is 11.6 Å². The molecule has 0 aliphatic heterocycles. The first-order valence-corrected chi connectivity index (χ1v) is 7.12. The predicted molar refractivity (Wildman–Crippen MR) is 78.0 cm³/mol. The van der Waals surface area contributed by atoms with Gasteiger partial charge in [-0.05, 0) is 41.8 Å². The number of aryl methyl sites for hydroxylation is 1. The number of non-ortho nitro benzene ring substituents is 1. The Morgan fingerprint density at radius 1 is 1.48 bits per heavy atom. The predicted octanol–water partition coefficient (Wildman–Crippen LogP) is 3.59. The van der Waals surface area contributed by atoms with E-state index in [1.54, 1.807) is 6.92 Å². The molecule has 0 radical (unpaired) electrons. The Hall–Kier alpha value is -2.28. The van der Waals surface area contributed by atoms with Gasteiger partial charge in [0.15, 0.2) is 0 Å². The van der Waals surface area contributed by atoms with E-state index in [2.05, 4.69) is 5.32 Å². The number of hydrogen-bond donors (Lipinski definition) is 1. The summed E-state index contributed by atoms with van der Waals surface area (Å²) < 4.78 is 14.0. The standard InChI is InChI=1S/C14H13FN2O3S/c1-8-5-11(17(19)20)6-12(13(8)15)14(18)16-9(2)10-3-4-21-7-10/h3-7,9H,1-2H3,(H,16,18). The lowest BCUT2D eigenvalue weighted by Crippen LogP contribution is -2.27. The molecule has 0 aliphatic rings. The van der Waals surface area contributed by atoms with Gasteiger partial charge in [-0.1, -0.05) is 0 Å². The Kier molecular flexibility index (Phi) is 4.32. The van der Waals surface area contributed by atoms with Gasteiger partial charge in [0.05, 0.1) is 16.5 Å². The first-order valence-electron chi connectivity index (χ1n) is 6.17. The molecule has 1 atom stereocenters. The lowest BCUT2D eigenvalue weighted by atomic mass is 10.1. The van der Waals surface area contributed by atoms with E-state index in [1.165, 1.54) is 18.3 Å². The molecule has 110 valence electrons. The number of carbonyl (C=O) groups excluding carboxylic acids is 1. The summed E-state index contributed by atoms with van der Waals surface area (Å²) in [6.07, 6.45) is 0. The van der Waals surface area contributed by atoms with Crippen molar-refractivity contribution in [2.24, 2.45) is 0 Å². The molecule has 1 aromatic heterocycles. The minimum Gasteiger partial charge on any atom is -0.345 e. The van der Waals surface area contributed by atoms with Crippen molar-refractivity contribution < 1.29 is 14.1 Å². The van der Waals surface area contributed by atoms with Crippen molar-refractivity contribution in [3.63, 3.8) is 0 Å². The summed E-state index contributed by atoms with van der Waals surface area (Å²) >= 11 is 1.49. The molecule has 7 heteroatoms. The van der Waals surface area contributed by atoms with Crippen molar-refractivity contribution in [2.45, 2.75) is 19.9 Å². The smallest absolute Gasteiger partial charge is 0.270 e. The zero-order chi connectivity index (χ0) is 15.6. The highest BCUT2D eigenvalue weighted by Crippen LogP contribution is 2.22. The molecule has 5 nitrogen and oxygen atoms in total. The van der Waals surface area contributed by atoms with E-state index in [-0.39, 0.29) is 22.9 Å². The average Bonchev–Trinajstić information content (AvgIpc) is 2.95. The highest BCUT2D eigenvalue weighted by atomic mass is 32.1. The molecule has 0 fully saturated rings. The number of nitrogens with zero attached hydrogens (tertiary/aromatic N) is 1. The highest BCUT2D eigenvalue weighted by molar-refractivity contribution is 7.07. The number of nitro groups is 1. The fourth-order valence-corrected chi connectivity index (χ4v) is 2.65. The molecule has 1 amide bonds. The molecule has 1 unspecified atom stereocenters. The molecule has 1 heterocycles. The summed E-state index contributed by atoms with van der Waals surface area (Å²) in [6.45, 7) is 3.16. The molecule has 0 aliphatic carbocycles. The van der Waals surface area contributed by atoms with Gasteiger partial charge < -0.3 is 5.32 Å². The summed E-state index contributed by atoms with van der Waals surface area (Å²) in [7, 11) is 0. The van der Waals surface area contributed by atoms with Crippen LogP contribution in [0.25, 0.3) is 0 Å². The van der Waals surface area contributed by atoms with E-state index in [4.69, 9.17) is 0 Å². The lowest BCUT2D eigenvalue weighted by Gasteiger charge is -2.13. The molecule has 0 spiro atoms. The number of nitro benzene ring substituents is 1. The normalized spacial score (nSPS) is 12.0. The fourth-order valence-electron chi connectivity index (χ4n) is 1.90. The summed E-state index contributed by atoms with van der Waals surface area (Å²) in [5.74, 6) is -1.41. The van der Waals surface area contributed by atoms with Crippen LogP contribution in [0.2, 0.25) is 0 Å². The second-order valence-corrected chi connectivity index (χ2v) is 5.41. The van der Waals surface area contributed by atoms with Crippen molar-refractivity contribution in [3.05, 3.63) is 61.6 Å². The minimum absolute atomic E-state index is 0.0672. The van der Waals surface area contributed by atoms with Crippen molar-refractivity contribution in [3.8, 4) is 0 Å². The van der Waals surface area contributed by atoms with Gasteiger partial charge in [0.1, 0.15) is 5.82 Å². The highest BCUT2D eigenvalue weighted by Gasteiger charge is 2.21. The van der Waals surface area contributed by atoms with Gasteiger partial charge in [-0.15, -0.1) is 0 Å². The van der Waals surface area contributed by atoms with E-state index < -0.39 is 16.6 Å². The second-order valence-electron chi connectivity index (χ2n) is 4.63. The van der Waals surface area contributed by atoms with Crippen LogP contribution in [-0.4, -0.2) is 10.8 Å². The van der Waals surface area contributed by atoms with Gasteiger partial charge >= 0.3 is 0 Å². The molecule has 0 bridgehead atoms. The van der Waals surface area contributed by atoms with Crippen LogP contribution in [0.4, 0.5) is 10.1 Å². The number of benzene rings is 1. The number of rotatable bonds is 4. The molecule has 0 saturated heterocycles. The summed E-state index contributed by atoms with van der Waals surface area (Å²) in [5.41, 5.74) is 0.347. The van der Waals surface area contributed by atoms with Crippen LogP contribution in [0.15, 0.2) is 29.0 Å². The third kappa shape index (κ3) is 3.25. The van der Waals surface area contributed by atoms with E-state index in [0.717, 1.165) is 17.7 Å². The van der Waals surface area contributed by atoms with Crippen LogP contribution >= 0.6 is 11.3 Å². The maximum Gasteiger partial charge on any atom is 0.270 e. The first kappa shape index (κ1) is 15.1. The van der Waals surface area contributed by atoms with E-state index in [1.807, 2.05) is 16.8 Å². The van der Waals surface area contributed by atoms with Gasteiger partial charge in [-0.2, -0.15) is 11.3 Å². The molecule has 2 aromatic rings. The Morgan fingerprint density at radius 2 is 2.19 bits per heavy atom. The minimum atomic E-state index is -0.740. The number of amides is 1. The van der Waals surface area contributed by atoms with Gasteiger partial charge in [-0.3, -0.25) is 14.9 Å². The molecular formula is C14H13FN2O3S. The lowest BCUT2D eigenvalue weighted by molar-refractivity contribution is -0.385. The maximum absolute atomic E-state index is 14.0. The number of thiophene rings is 1. The van der Waals surface area contributed by atoms with Crippen molar-refractivity contribution in [2.75, 3.05) is 0 Å². The monoisotopic (exact) mass is 308 g/mol.